The maximum Gasteiger partial charge on any atom is 0.142 e. The van der Waals surface area contributed by atoms with Gasteiger partial charge in [0.1, 0.15) is 11.6 Å². The topological polar surface area (TPSA) is 30.7 Å². The highest BCUT2D eigenvalue weighted by molar-refractivity contribution is 6.30. The van der Waals surface area contributed by atoms with Crippen molar-refractivity contribution in [2.75, 3.05) is 0 Å². The van der Waals surface area contributed by atoms with Gasteiger partial charge in [0.05, 0.1) is 23.5 Å². The Kier molecular flexibility index (Phi) is 3.66. The van der Waals surface area contributed by atoms with Gasteiger partial charge in [-0.25, -0.2) is 8.78 Å². The van der Waals surface area contributed by atoms with Crippen molar-refractivity contribution >= 4 is 11.6 Å². The molecule has 0 amide bonds. The number of halogens is 3. The summed E-state index contributed by atoms with van der Waals surface area (Å²) >= 11 is 5.65. The lowest BCUT2D eigenvalue weighted by Crippen LogP contribution is -2.01. The van der Waals surface area contributed by atoms with Crippen LogP contribution in [0.5, 0.6) is 0 Å². The molecule has 0 aliphatic heterocycles. The minimum atomic E-state index is -0.488. The van der Waals surface area contributed by atoms with Crippen LogP contribution in [-0.2, 0) is 6.54 Å². The molecule has 2 heterocycles. The van der Waals surface area contributed by atoms with Gasteiger partial charge in [-0.1, -0.05) is 17.7 Å². The molecule has 1 aromatic carbocycles. The normalized spacial score (nSPS) is 10.8. The predicted octanol–water partition coefficient (Wildman–Crippen LogP) is 3.93. The fraction of sp³-hybridized carbons (Fsp3) is 0.0667. The molecule has 6 heteroatoms. The first-order valence-corrected chi connectivity index (χ1v) is 6.58. The lowest BCUT2D eigenvalue weighted by atomic mass is 10.1. The number of nitrogens with zero attached hydrogens (tertiary/aromatic N) is 3. The van der Waals surface area contributed by atoms with Gasteiger partial charge in [0.25, 0.3) is 0 Å². The lowest BCUT2D eigenvalue weighted by molar-refractivity contribution is 0.611. The third kappa shape index (κ3) is 3.08. The Morgan fingerprint density at radius 3 is 2.71 bits per heavy atom. The smallest absolute Gasteiger partial charge is 0.142 e. The van der Waals surface area contributed by atoms with Crippen molar-refractivity contribution in [3.8, 4) is 11.3 Å². The molecule has 0 N–H and O–H groups in total. The third-order valence-electron chi connectivity index (χ3n) is 2.96. The summed E-state index contributed by atoms with van der Waals surface area (Å²) in [7, 11) is 0. The summed E-state index contributed by atoms with van der Waals surface area (Å²) in [6, 6.07) is 7.67. The maximum atomic E-state index is 13.4. The minimum absolute atomic E-state index is 0.0732. The zero-order chi connectivity index (χ0) is 14.8. The number of aromatic nitrogens is 3. The Morgan fingerprint density at radius 2 is 1.95 bits per heavy atom. The predicted molar refractivity (Wildman–Crippen MR) is 75.9 cm³/mol. The van der Waals surface area contributed by atoms with Gasteiger partial charge in [-0.3, -0.25) is 9.67 Å². The molecule has 3 aromatic rings. The fourth-order valence-electron chi connectivity index (χ4n) is 1.99. The minimum Gasteiger partial charge on any atom is -0.268 e. The summed E-state index contributed by atoms with van der Waals surface area (Å²) in [6.07, 6.45) is 4.47. The van der Waals surface area contributed by atoms with E-state index in [0.29, 0.717) is 23.4 Å². The second kappa shape index (κ2) is 5.61. The summed E-state index contributed by atoms with van der Waals surface area (Å²) in [5.74, 6) is -0.877. The van der Waals surface area contributed by atoms with E-state index in [4.69, 9.17) is 11.6 Å². The molecule has 3 nitrogen and oxygen atoms in total. The van der Waals surface area contributed by atoms with Crippen LogP contribution in [0, 0.1) is 11.6 Å². The summed E-state index contributed by atoms with van der Waals surface area (Å²) < 4.78 is 28.2. The van der Waals surface area contributed by atoms with E-state index in [0.717, 1.165) is 6.20 Å². The van der Waals surface area contributed by atoms with Gasteiger partial charge in [0, 0.05) is 18.0 Å². The number of hydrogen-bond acceptors (Lipinski definition) is 2. The van der Waals surface area contributed by atoms with E-state index in [1.165, 1.54) is 18.2 Å². The molecule has 0 atom stereocenters. The molecular formula is C15H10ClF2N3. The van der Waals surface area contributed by atoms with Gasteiger partial charge in [-0.05, 0) is 29.8 Å². The van der Waals surface area contributed by atoms with E-state index < -0.39 is 5.82 Å². The highest BCUT2D eigenvalue weighted by atomic mass is 35.5. The Morgan fingerprint density at radius 1 is 1.10 bits per heavy atom. The maximum absolute atomic E-state index is 13.4. The first kappa shape index (κ1) is 13.7. The van der Waals surface area contributed by atoms with Gasteiger partial charge < -0.3 is 0 Å². The van der Waals surface area contributed by atoms with Crippen LogP contribution in [0.25, 0.3) is 11.3 Å². The lowest BCUT2D eigenvalue weighted by Gasteiger charge is -2.02. The van der Waals surface area contributed by atoms with Crippen LogP contribution in [-0.4, -0.2) is 14.8 Å². The fourth-order valence-corrected chi connectivity index (χ4v) is 2.11. The number of pyridine rings is 1. The van der Waals surface area contributed by atoms with E-state index in [1.807, 2.05) is 0 Å². The second-order valence-corrected chi connectivity index (χ2v) is 4.95. The number of benzene rings is 1. The third-order valence-corrected chi connectivity index (χ3v) is 3.27. The number of hydrogen-bond donors (Lipinski definition) is 0. The monoisotopic (exact) mass is 305 g/mol. The van der Waals surface area contributed by atoms with Crippen molar-refractivity contribution in [1.82, 2.24) is 14.8 Å². The van der Waals surface area contributed by atoms with E-state index in [1.54, 1.807) is 29.2 Å². The van der Waals surface area contributed by atoms with E-state index in [9.17, 15) is 8.78 Å². The summed E-state index contributed by atoms with van der Waals surface area (Å²) in [4.78, 5) is 3.79. The highest BCUT2D eigenvalue weighted by Crippen LogP contribution is 2.23. The first-order valence-electron chi connectivity index (χ1n) is 6.20. The number of rotatable bonds is 3. The molecule has 3 rings (SSSR count). The van der Waals surface area contributed by atoms with Crippen molar-refractivity contribution in [1.29, 1.82) is 0 Å². The van der Waals surface area contributed by atoms with Gasteiger partial charge in [-0.15, -0.1) is 0 Å². The van der Waals surface area contributed by atoms with Crippen LogP contribution in [0.1, 0.15) is 5.56 Å². The second-order valence-electron chi connectivity index (χ2n) is 4.54. The van der Waals surface area contributed by atoms with Crippen LogP contribution < -0.4 is 0 Å². The van der Waals surface area contributed by atoms with Gasteiger partial charge in [0.15, 0.2) is 0 Å². The van der Waals surface area contributed by atoms with Gasteiger partial charge in [-0.2, -0.15) is 5.10 Å². The molecule has 0 fully saturated rings. The molecule has 21 heavy (non-hydrogen) atoms. The summed E-state index contributed by atoms with van der Waals surface area (Å²) in [5.41, 5.74) is 1.95. The van der Waals surface area contributed by atoms with Crippen LogP contribution in [0.2, 0.25) is 5.02 Å². The van der Waals surface area contributed by atoms with E-state index >= 15 is 0 Å². The van der Waals surface area contributed by atoms with E-state index in [2.05, 4.69) is 10.1 Å². The molecular weight excluding hydrogens is 296 g/mol. The molecule has 106 valence electrons. The highest BCUT2D eigenvalue weighted by Gasteiger charge is 2.07. The van der Waals surface area contributed by atoms with Crippen molar-refractivity contribution < 1.29 is 8.78 Å². The van der Waals surface area contributed by atoms with Gasteiger partial charge in [0.2, 0.25) is 0 Å². The van der Waals surface area contributed by atoms with Crippen molar-refractivity contribution in [3.63, 3.8) is 0 Å². The van der Waals surface area contributed by atoms with Crippen LogP contribution in [0.3, 0.4) is 0 Å². The zero-order valence-electron chi connectivity index (χ0n) is 10.8. The van der Waals surface area contributed by atoms with Crippen molar-refractivity contribution in [2.24, 2.45) is 0 Å². The zero-order valence-corrected chi connectivity index (χ0v) is 11.6. The summed E-state index contributed by atoms with van der Waals surface area (Å²) in [5, 5.41) is 4.41. The van der Waals surface area contributed by atoms with Gasteiger partial charge >= 0.3 is 0 Å². The molecule has 0 bridgehead atoms. The Bertz CT molecular complexity index is 786. The summed E-state index contributed by atoms with van der Waals surface area (Å²) in [6.45, 7) is 0.390. The quantitative estimate of drug-likeness (QED) is 0.734. The molecule has 0 radical (unpaired) electrons. The largest absolute Gasteiger partial charge is 0.268 e. The average Bonchev–Trinajstić information content (AvgIpc) is 2.90. The van der Waals surface area contributed by atoms with Crippen LogP contribution in [0.15, 0.2) is 48.9 Å². The molecule has 0 unspecified atom stereocenters. The molecule has 0 saturated carbocycles. The molecule has 0 saturated heterocycles. The van der Waals surface area contributed by atoms with Crippen LogP contribution in [0.4, 0.5) is 8.78 Å². The Hall–Kier alpha value is -2.27. The molecule has 0 spiro atoms. The van der Waals surface area contributed by atoms with Crippen LogP contribution >= 0.6 is 11.6 Å². The Labute approximate surface area is 124 Å². The SMILES string of the molecule is Fc1cncc(Cn2ccc(-c3ccc(Cl)c(F)c3)n2)c1. The van der Waals surface area contributed by atoms with Crippen molar-refractivity contribution in [2.45, 2.75) is 6.54 Å². The standard InChI is InChI=1S/C15H10ClF2N3/c16-13-2-1-11(6-14(13)18)15-3-4-21(20-15)9-10-5-12(17)8-19-7-10/h1-8H,9H2. The molecule has 2 aromatic heterocycles. The van der Waals surface area contributed by atoms with Crippen molar-refractivity contribution in [3.05, 3.63) is 71.1 Å². The van der Waals surface area contributed by atoms with E-state index in [-0.39, 0.29) is 10.8 Å². The molecule has 0 aliphatic rings. The average molecular weight is 306 g/mol. The molecule has 0 aliphatic carbocycles. The first-order chi connectivity index (χ1) is 10.1. The Balaban J connectivity index is 1.84.